The Kier molecular flexibility index (Phi) is 6.41. The van der Waals surface area contributed by atoms with Crippen LogP contribution >= 0.6 is 0 Å². The van der Waals surface area contributed by atoms with Crippen LogP contribution < -0.4 is 5.73 Å². The molecule has 0 aromatic heterocycles. The van der Waals surface area contributed by atoms with E-state index < -0.39 is 67.5 Å². The molecule has 1 saturated heterocycles. The highest BCUT2D eigenvalue weighted by Crippen LogP contribution is 2.26. The highest BCUT2D eigenvalue weighted by molar-refractivity contribution is 5.87. The third-order valence-electron chi connectivity index (χ3n) is 3.52. The van der Waals surface area contributed by atoms with Gasteiger partial charge in [-0.05, 0) is 0 Å². The summed E-state index contributed by atoms with van der Waals surface area (Å²) in [6.07, 6.45) is -9.09. The van der Waals surface area contributed by atoms with Gasteiger partial charge in [0.05, 0.1) is 13.0 Å². The third-order valence-corrected chi connectivity index (χ3v) is 3.52. The minimum absolute atomic E-state index is 0.537. The SMILES string of the molecule is CC(=O)N(C1O[C@H](CO)[C@@H](O)[C@H](O)[C@H]1O)[C@@H](CC(N)=O)C(=O)O. The van der Waals surface area contributed by atoms with Gasteiger partial charge < -0.3 is 40.9 Å². The van der Waals surface area contributed by atoms with Gasteiger partial charge in [0.1, 0.15) is 30.5 Å². The minimum Gasteiger partial charge on any atom is -0.480 e. The Balaban J connectivity index is 3.18. The molecule has 1 unspecified atom stereocenters. The van der Waals surface area contributed by atoms with Crippen LogP contribution in [0.4, 0.5) is 0 Å². The van der Waals surface area contributed by atoms with Crippen molar-refractivity contribution in [3.8, 4) is 0 Å². The zero-order valence-corrected chi connectivity index (χ0v) is 12.3. The van der Waals surface area contributed by atoms with E-state index in [0.29, 0.717) is 4.90 Å². The Morgan fingerprint density at radius 3 is 2.13 bits per heavy atom. The number of primary amides is 1. The Labute approximate surface area is 130 Å². The first-order valence-electron chi connectivity index (χ1n) is 6.72. The van der Waals surface area contributed by atoms with E-state index in [2.05, 4.69) is 0 Å². The van der Waals surface area contributed by atoms with Gasteiger partial charge in [0.25, 0.3) is 0 Å². The van der Waals surface area contributed by atoms with Crippen LogP contribution in [-0.2, 0) is 19.1 Å². The maximum Gasteiger partial charge on any atom is 0.327 e. The fourth-order valence-electron chi connectivity index (χ4n) is 2.38. The topological polar surface area (TPSA) is 191 Å². The van der Waals surface area contributed by atoms with Crippen LogP contribution in [0.3, 0.4) is 0 Å². The van der Waals surface area contributed by atoms with E-state index in [1.807, 2.05) is 0 Å². The van der Waals surface area contributed by atoms with Gasteiger partial charge in [0.15, 0.2) is 6.23 Å². The van der Waals surface area contributed by atoms with Crippen molar-refractivity contribution in [2.75, 3.05) is 6.61 Å². The monoisotopic (exact) mass is 336 g/mol. The molecule has 6 atom stereocenters. The first-order chi connectivity index (χ1) is 10.6. The number of hydrogen-bond donors (Lipinski definition) is 6. The molecule has 0 aromatic rings. The molecule has 1 rings (SSSR count). The van der Waals surface area contributed by atoms with Crippen LogP contribution in [0.5, 0.6) is 0 Å². The number of hydrogen-bond acceptors (Lipinski definition) is 8. The molecule has 7 N–H and O–H groups in total. The van der Waals surface area contributed by atoms with Crippen molar-refractivity contribution >= 4 is 17.8 Å². The van der Waals surface area contributed by atoms with E-state index in [4.69, 9.17) is 15.6 Å². The number of nitrogens with two attached hydrogens (primary N) is 1. The Bertz CT molecular complexity index is 469. The average molecular weight is 336 g/mol. The second-order valence-corrected chi connectivity index (χ2v) is 5.17. The number of carboxylic acid groups (broad SMARTS) is 1. The molecule has 11 heteroatoms. The number of carboxylic acids is 1. The standard InChI is InChI=1S/C12H20N2O9/c1-4(16)14(5(12(21)22)2-7(13)17)11-10(20)9(19)8(18)6(3-15)23-11/h5-6,8-11,15,18-20H,2-3H2,1H3,(H2,13,17)(H,21,22)/t5-,6+,8+,9-,10+,11?/m0/s1. The quantitative estimate of drug-likeness (QED) is 0.280. The van der Waals surface area contributed by atoms with Crippen molar-refractivity contribution in [3.63, 3.8) is 0 Å². The van der Waals surface area contributed by atoms with Crippen molar-refractivity contribution in [1.29, 1.82) is 0 Å². The lowest BCUT2D eigenvalue weighted by Gasteiger charge is -2.45. The molecule has 1 aliphatic rings. The van der Waals surface area contributed by atoms with Crippen LogP contribution in [0.2, 0.25) is 0 Å². The van der Waals surface area contributed by atoms with Gasteiger partial charge >= 0.3 is 5.97 Å². The molecule has 0 radical (unpaired) electrons. The molecule has 11 nitrogen and oxygen atoms in total. The molecule has 0 spiro atoms. The first-order valence-corrected chi connectivity index (χ1v) is 6.72. The number of aliphatic hydroxyl groups is 4. The van der Waals surface area contributed by atoms with Crippen molar-refractivity contribution < 1.29 is 44.7 Å². The van der Waals surface area contributed by atoms with Gasteiger partial charge in [-0.3, -0.25) is 9.59 Å². The lowest BCUT2D eigenvalue weighted by atomic mass is 9.96. The van der Waals surface area contributed by atoms with Crippen molar-refractivity contribution in [1.82, 2.24) is 4.90 Å². The number of carbonyl (C=O) groups excluding carboxylic acids is 2. The van der Waals surface area contributed by atoms with Crippen molar-refractivity contribution in [2.45, 2.75) is 50.0 Å². The molecule has 2 amide bonds. The van der Waals surface area contributed by atoms with Crippen LogP contribution in [-0.4, -0.2) is 91.5 Å². The Hall–Kier alpha value is -1.79. The van der Waals surface area contributed by atoms with Crippen LogP contribution in [0, 0.1) is 0 Å². The fourth-order valence-corrected chi connectivity index (χ4v) is 2.38. The maximum atomic E-state index is 11.8. The number of nitrogens with zero attached hydrogens (tertiary/aromatic N) is 1. The zero-order valence-electron chi connectivity index (χ0n) is 12.3. The molecular weight excluding hydrogens is 316 g/mol. The van der Waals surface area contributed by atoms with Gasteiger partial charge in [-0.25, -0.2) is 4.79 Å². The number of rotatable bonds is 6. The Morgan fingerprint density at radius 2 is 1.74 bits per heavy atom. The van der Waals surface area contributed by atoms with E-state index in [-0.39, 0.29) is 0 Å². The largest absolute Gasteiger partial charge is 0.480 e. The molecule has 23 heavy (non-hydrogen) atoms. The summed E-state index contributed by atoms with van der Waals surface area (Å²) in [5.41, 5.74) is 4.96. The number of amides is 2. The smallest absolute Gasteiger partial charge is 0.327 e. The summed E-state index contributed by atoms with van der Waals surface area (Å²) in [7, 11) is 0. The summed E-state index contributed by atoms with van der Waals surface area (Å²) in [5.74, 6) is -3.45. The van der Waals surface area contributed by atoms with E-state index in [9.17, 15) is 34.8 Å². The van der Waals surface area contributed by atoms with E-state index in [1.165, 1.54) is 0 Å². The molecule has 1 heterocycles. The maximum absolute atomic E-state index is 11.8. The van der Waals surface area contributed by atoms with E-state index in [0.717, 1.165) is 6.92 Å². The van der Waals surface area contributed by atoms with Gasteiger partial charge in [0.2, 0.25) is 11.8 Å². The van der Waals surface area contributed by atoms with E-state index >= 15 is 0 Å². The predicted octanol–water partition coefficient (Wildman–Crippen LogP) is -4.04. The van der Waals surface area contributed by atoms with E-state index in [1.54, 1.807) is 0 Å². The lowest BCUT2D eigenvalue weighted by molar-refractivity contribution is -0.266. The highest BCUT2D eigenvalue weighted by Gasteiger charge is 2.49. The summed E-state index contributed by atoms with van der Waals surface area (Å²) in [6.45, 7) is 0.221. The van der Waals surface area contributed by atoms with Crippen LogP contribution in [0.1, 0.15) is 13.3 Å². The molecular formula is C12H20N2O9. The molecule has 132 valence electrons. The van der Waals surface area contributed by atoms with Crippen molar-refractivity contribution in [2.24, 2.45) is 5.73 Å². The average Bonchev–Trinajstić information content (AvgIpc) is 2.45. The summed E-state index contributed by atoms with van der Waals surface area (Å²) in [5, 5.41) is 47.7. The summed E-state index contributed by atoms with van der Waals surface area (Å²) in [6, 6.07) is -1.74. The molecule has 0 saturated carbocycles. The van der Waals surface area contributed by atoms with Crippen molar-refractivity contribution in [3.05, 3.63) is 0 Å². The van der Waals surface area contributed by atoms with Gasteiger partial charge in [-0.2, -0.15) is 0 Å². The lowest BCUT2D eigenvalue weighted by Crippen LogP contribution is -2.66. The molecule has 1 aliphatic heterocycles. The predicted molar refractivity (Wildman–Crippen MR) is 71.5 cm³/mol. The summed E-state index contributed by atoms with van der Waals surface area (Å²) in [4.78, 5) is 34.7. The first kappa shape index (κ1) is 19.3. The van der Waals surface area contributed by atoms with Gasteiger partial charge in [-0.1, -0.05) is 0 Å². The second-order valence-electron chi connectivity index (χ2n) is 5.17. The summed E-state index contributed by atoms with van der Waals surface area (Å²) < 4.78 is 5.15. The number of carbonyl (C=O) groups is 3. The van der Waals surface area contributed by atoms with Gasteiger partial charge in [-0.15, -0.1) is 0 Å². The number of aliphatic hydroxyl groups excluding tert-OH is 4. The minimum atomic E-state index is -1.86. The van der Waals surface area contributed by atoms with Gasteiger partial charge in [0, 0.05) is 6.92 Å². The third kappa shape index (κ3) is 4.14. The normalized spacial score (nSPS) is 32.1. The van der Waals surface area contributed by atoms with Crippen LogP contribution in [0.25, 0.3) is 0 Å². The second kappa shape index (κ2) is 7.66. The molecule has 0 aliphatic carbocycles. The molecule has 0 bridgehead atoms. The molecule has 1 fully saturated rings. The van der Waals surface area contributed by atoms with Crippen LogP contribution in [0.15, 0.2) is 0 Å². The Morgan fingerprint density at radius 1 is 1.17 bits per heavy atom. The molecule has 0 aromatic carbocycles. The number of aliphatic carboxylic acids is 1. The number of ether oxygens (including phenoxy) is 1. The fraction of sp³-hybridized carbons (Fsp3) is 0.750. The summed E-state index contributed by atoms with van der Waals surface area (Å²) >= 11 is 0. The highest BCUT2D eigenvalue weighted by atomic mass is 16.6. The zero-order chi connectivity index (χ0) is 17.9.